The molecule has 0 aromatic heterocycles. The van der Waals surface area contributed by atoms with Crippen LogP contribution >= 0.6 is 15.9 Å². The summed E-state index contributed by atoms with van der Waals surface area (Å²) >= 11 is 3.33. The van der Waals surface area contributed by atoms with E-state index in [0.29, 0.717) is 10.0 Å². The van der Waals surface area contributed by atoms with Gasteiger partial charge in [0.05, 0.1) is 6.61 Å². The molecule has 0 fully saturated rings. The standard InChI is InChI=1S/C14H17BrO3/c1-5-18-13(17)12(16)10-7-6-9(8-11(10)15)14(2,3)4/h6-8H,5H2,1-4H3. The van der Waals surface area contributed by atoms with Crippen LogP contribution in [0, 0.1) is 0 Å². The first kappa shape index (κ1) is 14.9. The molecule has 0 unspecified atom stereocenters. The van der Waals surface area contributed by atoms with E-state index >= 15 is 0 Å². The predicted molar refractivity (Wildman–Crippen MR) is 73.8 cm³/mol. The van der Waals surface area contributed by atoms with Gasteiger partial charge in [-0.1, -0.05) is 42.8 Å². The smallest absolute Gasteiger partial charge is 0.379 e. The Kier molecular flexibility index (Phi) is 4.68. The van der Waals surface area contributed by atoms with Crippen LogP contribution in [0.3, 0.4) is 0 Å². The molecule has 0 saturated heterocycles. The Balaban J connectivity index is 3.07. The molecule has 18 heavy (non-hydrogen) atoms. The van der Waals surface area contributed by atoms with Crippen molar-refractivity contribution < 1.29 is 14.3 Å². The monoisotopic (exact) mass is 312 g/mol. The topological polar surface area (TPSA) is 43.4 Å². The van der Waals surface area contributed by atoms with Crippen molar-refractivity contribution in [3.8, 4) is 0 Å². The highest BCUT2D eigenvalue weighted by atomic mass is 79.9. The van der Waals surface area contributed by atoms with Crippen LogP contribution in [0.4, 0.5) is 0 Å². The summed E-state index contributed by atoms with van der Waals surface area (Å²) in [6.45, 7) is 8.12. The SMILES string of the molecule is CCOC(=O)C(=O)c1ccc(C(C)(C)C)cc1Br. The van der Waals surface area contributed by atoms with Crippen LogP contribution in [0.25, 0.3) is 0 Å². The van der Waals surface area contributed by atoms with Crippen molar-refractivity contribution in [2.75, 3.05) is 6.61 Å². The number of hydrogen-bond acceptors (Lipinski definition) is 3. The second-order valence-corrected chi connectivity index (χ2v) is 5.85. The van der Waals surface area contributed by atoms with Gasteiger partial charge < -0.3 is 4.74 Å². The lowest BCUT2D eigenvalue weighted by molar-refractivity contribution is -0.137. The molecular weight excluding hydrogens is 296 g/mol. The molecule has 0 saturated carbocycles. The van der Waals surface area contributed by atoms with Crippen molar-refractivity contribution in [2.24, 2.45) is 0 Å². The van der Waals surface area contributed by atoms with E-state index in [9.17, 15) is 9.59 Å². The quantitative estimate of drug-likeness (QED) is 0.487. The third-order valence-electron chi connectivity index (χ3n) is 2.54. The van der Waals surface area contributed by atoms with Gasteiger partial charge in [0.25, 0.3) is 5.78 Å². The fraction of sp³-hybridized carbons (Fsp3) is 0.429. The number of ketones is 1. The lowest BCUT2D eigenvalue weighted by Gasteiger charge is -2.19. The van der Waals surface area contributed by atoms with E-state index in [2.05, 4.69) is 36.7 Å². The molecule has 0 bridgehead atoms. The van der Waals surface area contributed by atoms with Crippen LogP contribution in [0.5, 0.6) is 0 Å². The van der Waals surface area contributed by atoms with E-state index in [-0.39, 0.29) is 12.0 Å². The molecule has 0 aliphatic heterocycles. The molecule has 98 valence electrons. The number of halogens is 1. The van der Waals surface area contributed by atoms with E-state index in [1.807, 2.05) is 12.1 Å². The average Bonchev–Trinajstić information content (AvgIpc) is 2.27. The summed E-state index contributed by atoms with van der Waals surface area (Å²) in [6.07, 6.45) is 0. The molecule has 0 radical (unpaired) electrons. The van der Waals surface area contributed by atoms with E-state index < -0.39 is 11.8 Å². The minimum Gasteiger partial charge on any atom is -0.460 e. The summed E-state index contributed by atoms with van der Waals surface area (Å²) in [4.78, 5) is 23.2. The van der Waals surface area contributed by atoms with Crippen molar-refractivity contribution >= 4 is 27.7 Å². The second kappa shape index (κ2) is 5.65. The van der Waals surface area contributed by atoms with Gasteiger partial charge in [0.1, 0.15) is 0 Å². The second-order valence-electron chi connectivity index (χ2n) is 4.99. The molecule has 4 heteroatoms. The lowest BCUT2D eigenvalue weighted by Crippen LogP contribution is -2.19. The van der Waals surface area contributed by atoms with Gasteiger partial charge in [0.15, 0.2) is 0 Å². The molecule has 1 aromatic carbocycles. The maximum Gasteiger partial charge on any atom is 0.379 e. The molecule has 0 aliphatic rings. The third kappa shape index (κ3) is 3.42. The number of benzene rings is 1. The molecule has 0 heterocycles. The molecule has 0 amide bonds. The minimum atomic E-state index is -0.818. The molecule has 1 aromatic rings. The zero-order valence-electron chi connectivity index (χ0n) is 11.0. The molecule has 3 nitrogen and oxygen atoms in total. The first-order valence-corrected chi connectivity index (χ1v) is 6.58. The van der Waals surface area contributed by atoms with Gasteiger partial charge in [0.2, 0.25) is 0 Å². The van der Waals surface area contributed by atoms with Crippen molar-refractivity contribution in [3.63, 3.8) is 0 Å². The number of carbonyl (C=O) groups is 2. The van der Waals surface area contributed by atoms with Crippen LogP contribution in [0.1, 0.15) is 43.6 Å². The number of rotatable bonds is 3. The van der Waals surface area contributed by atoms with Crippen molar-refractivity contribution in [2.45, 2.75) is 33.1 Å². The van der Waals surface area contributed by atoms with Gasteiger partial charge in [-0.25, -0.2) is 4.79 Å². The highest BCUT2D eigenvalue weighted by Crippen LogP contribution is 2.27. The fourth-order valence-corrected chi connectivity index (χ4v) is 2.03. The summed E-state index contributed by atoms with van der Waals surface area (Å²) in [5, 5.41) is 0. The van der Waals surface area contributed by atoms with E-state index in [1.54, 1.807) is 13.0 Å². The van der Waals surface area contributed by atoms with Gasteiger partial charge in [-0.3, -0.25) is 4.79 Å². The summed E-state index contributed by atoms with van der Waals surface area (Å²) in [7, 11) is 0. The predicted octanol–water partition coefficient (Wildman–Crippen LogP) is 3.49. The molecule has 0 spiro atoms. The molecule has 0 atom stereocenters. The zero-order chi connectivity index (χ0) is 13.9. The Morgan fingerprint density at radius 1 is 1.28 bits per heavy atom. The molecule has 0 aliphatic carbocycles. The van der Waals surface area contributed by atoms with E-state index in [0.717, 1.165) is 5.56 Å². The zero-order valence-corrected chi connectivity index (χ0v) is 12.6. The average molecular weight is 313 g/mol. The Hall–Kier alpha value is -1.16. The first-order chi connectivity index (χ1) is 8.27. The molecular formula is C14H17BrO3. The Labute approximate surface area is 116 Å². The number of esters is 1. The van der Waals surface area contributed by atoms with Crippen LogP contribution in [0.2, 0.25) is 0 Å². The van der Waals surface area contributed by atoms with Gasteiger partial charge in [-0.15, -0.1) is 0 Å². The van der Waals surface area contributed by atoms with Gasteiger partial charge in [-0.2, -0.15) is 0 Å². The van der Waals surface area contributed by atoms with Gasteiger partial charge in [0, 0.05) is 10.0 Å². The lowest BCUT2D eigenvalue weighted by atomic mass is 9.86. The van der Waals surface area contributed by atoms with Crippen LogP contribution < -0.4 is 0 Å². The Morgan fingerprint density at radius 3 is 2.33 bits per heavy atom. The summed E-state index contributed by atoms with van der Waals surface area (Å²) in [5.74, 6) is -1.44. The van der Waals surface area contributed by atoms with E-state index in [4.69, 9.17) is 4.74 Å². The van der Waals surface area contributed by atoms with Gasteiger partial charge in [-0.05, 0) is 30.0 Å². The fourth-order valence-electron chi connectivity index (χ4n) is 1.47. The maximum atomic E-state index is 11.8. The normalized spacial score (nSPS) is 11.2. The van der Waals surface area contributed by atoms with Crippen LogP contribution in [0.15, 0.2) is 22.7 Å². The number of Topliss-reactive ketones (excluding diaryl/α,β-unsaturated/α-hetero) is 1. The summed E-state index contributed by atoms with van der Waals surface area (Å²) < 4.78 is 5.32. The molecule has 1 rings (SSSR count). The first-order valence-electron chi connectivity index (χ1n) is 5.79. The number of carbonyl (C=O) groups excluding carboxylic acids is 2. The van der Waals surface area contributed by atoms with Crippen LogP contribution in [-0.4, -0.2) is 18.4 Å². The van der Waals surface area contributed by atoms with Crippen LogP contribution in [-0.2, 0) is 14.9 Å². The largest absolute Gasteiger partial charge is 0.460 e. The van der Waals surface area contributed by atoms with Crippen molar-refractivity contribution in [3.05, 3.63) is 33.8 Å². The summed E-state index contributed by atoms with van der Waals surface area (Å²) in [5.41, 5.74) is 1.42. The minimum absolute atomic E-state index is 0.00593. The van der Waals surface area contributed by atoms with Crippen molar-refractivity contribution in [1.29, 1.82) is 0 Å². The Morgan fingerprint density at radius 2 is 1.89 bits per heavy atom. The highest BCUT2D eigenvalue weighted by molar-refractivity contribution is 9.10. The highest BCUT2D eigenvalue weighted by Gasteiger charge is 2.22. The Bertz CT molecular complexity index is 472. The number of ether oxygens (including phenoxy) is 1. The summed E-state index contributed by atoms with van der Waals surface area (Å²) in [6, 6.07) is 5.38. The van der Waals surface area contributed by atoms with Gasteiger partial charge >= 0.3 is 5.97 Å². The third-order valence-corrected chi connectivity index (χ3v) is 3.20. The number of hydrogen-bond donors (Lipinski definition) is 0. The van der Waals surface area contributed by atoms with Crippen molar-refractivity contribution in [1.82, 2.24) is 0 Å². The van der Waals surface area contributed by atoms with E-state index in [1.165, 1.54) is 0 Å². The maximum absolute atomic E-state index is 11.8. The molecule has 0 N–H and O–H groups in total.